The summed E-state index contributed by atoms with van der Waals surface area (Å²) in [6, 6.07) is 0.422. The van der Waals surface area contributed by atoms with Gasteiger partial charge in [-0.05, 0) is 39.2 Å². The summed E-state index contributed by atoms with van der Waals surface area (Å²) in [6.45, 7) is 6.10. The predicted molar refractivity (Wildman–Crippen MR) is 69.7 cm³/mol. The summed E-state index contributed by atoms with van der Waals surface area (Å²) in [5.74, 6) is 0.732. The van der Waals surface area contributed by atoms with E-state index in [9.17, 15) is 0 Å². The molecule has 0 bridgehead atoms. The van der Waals surface area contributed by atoms with Crippen LogP contribution < -0.4 is 5.32 Å². The maximum Gasteiger partial charge on any atom is 0.0755 e. The number of hydrogen-bond acceptors (Lipinski definition) is 2. The van der Waals surface area contributed by atoms with Gasteiger partial charge in [-0.2, -0.15) is 0 Å². The first-order valence-electron chi connectivity index (χ1n) is 6.53. The van der Waals surface area contributed by atoms with E-state index in [1.165, 1.54) is 37.7 Å². The first-order chi connectivity index (χ1) is 7.69. The molecule has 0 aromatic heterocycles. The lowest BCUT2D eigenvalue weighted by Crippen LogP contribution is -2.44. The van der Waals surface area contributed by atoms with Crippen LogP contribution >= 0.6 is 0 Å². The minimum atomic E-state index is 0.349. The maximum absolute atomic E-state index is 5.74. The van der Waals surface area contributed by atoms with Gasteiger partial charge in [-0.3, -0.25) is 0 Å². The molecular formula is C14H27NO. The van der Waals surface area contributed by atoms with Gasteiger partial charge < -0.3 is 10.1 Å². The lowest BCUT2D eigenvalue weighted by Gasteiger charge is -2.35. The Morgan fingerprint density at radius 1 is 1.38 bits per heavy atom. The van der Waals surface area contributed by atoms with Gasteiger partial charge in [-0.25, -0.2) is 0 Å². The van der Waals surface area contributed by atoms with Crippen LogP contribution in [0.15, 0.2) is 12.2 Å². The third-order valence-corrected chi connectivity index (χ3v) is 3.72. The van der Waals surface area contributed by atoms with Crippen LogP contribution in [0, 0.1) is 5.92 Å². The zero-order valence-electron chi connectivity index (χ0n) is 11.1. The molecule has 1 N–H and O–H groups in total. The topological polar surface area (TPSA) is 21.3 Å². The molecule has 0 amide bonds. The van der Waals surface area contributed by atoms with Crippen molar-refractivity contribution in [2.24, 2.45) is 5.92 Å². The van der Waals surface area contributed by atoms with Gasteiger partial charge in [0.15, 0.2) is 0 Å². The average molecular weight is 225 g/mol. The zero-order chi connectivity index (χ0) is 12.0. The fourth-order valence-electron chi connectivity index (χ4n) is 2.91. The molecule has 2 nitrogen and oxygen atoms in total. The van der Waals surface area contributed by atoms with E-state index in [4.69, 9.17) is 4.74 Å². The highest BCUT2D eigenvalue weighted by Crippen LogP contribution is 2.30. The molecule has 2 atom stereocenters. The van der Waals surface area contributed by atoms with Gasteiger partial charge >= 0.3 is 0 Å². The van der Waals surface area contributed by atoms with Gasteiger partial charge in [0.05, 0.1) is 6.10 Å². The highest BCUT2D eigenvalue weighted by Gasteiger charge is 2.29. The van der Waals surface area contributed by atoms with Crippen LogP contribution in [0.25, 0.3) is 0 Å². The van der Waals surface area contributed by atoms with Crippen molar-refractivity contribution in [1.82, 2.24) is 5.32 Å². The predicted octanol–water partition coefficient (Wildman–Crippen LogP) is 3.14. The standard InChI is InChI=1S/C14H27NO/c1-11(2)10-13(15-3)14(16-4)12-8-6-5-7-9-12/h12-15H,1,5-10H2,2-4H3. The quantitative estimate of drug-likeness (QED) is 0.701. The summed E-state index contributed by atoms with van der Waals surface area (Å²) >= 11 is 0. The Labute approximate surface area is 100 Å². The number of likely N-dealkylation sites (N-methyl/N-ethyl adjacent to an activating group) is 1. The Bertz CT molecular complexity index is 209. The molecule has 2 unspecified atom stereocenters. The first kappa shape index (κ1) is 13.7. The molecule has 1 aliphatic carbocycles. The highest BCUT2D eigenvalue weighted by atomic mass is 16.5. The number of methoxy groups -OCH3 is 1. The van der Waals surface area contributed by atoms with Crippen LogP contribution in [0.5, 0.6) is 0 Å². The number of hydrogen-bond donors (Lipinski definition) is 1. The lowest BCUT2D eigenvalue weighted by molar-refractivity contribution is 0.0102. The molecule has 0 radical (unpaired) electrons. The van der Waals surface area contributed by atoms with Crippen LogP contribution in [0.4, 0.5) is 0 Å². The zero-order valence-corrected chi connectivity index (χ0v) is 11.1. The Hall–Kier alpha value is -0.340. The van der Waals surface area contributed by atoms with Crippen LogP contribution in [0.3, 0.4) is 0 Å². The smallest absolute Gasteiger partial charge is 0.0755 e. The molecule has 0 aromatic carbocycles. The fourth-order valence-corrected chi connectivity index (χ4v) is 2.91. The van der Waals surface area contributed by atoms with Gasteiger partial charge in [0.25, 0.3) is 0 Å². The number of nitrogens with one attached hydrogen (secondary N) is 1. The maximum atomic E-state index is 5.74. The molecule has 1 rings (SSSR count). The summed E-state index contributed by atoms with van der Waals surface area (Å²) in [6.07, 6.45) is 8.16. The SMILES string of the molecule is C=C(C)CC(NC)C(OC)C1CCCCC1. The lowest BCUT2D eigenvalue weighted by atomic mass is 9.81. The second-order valence-corrected chi connectivity index (χ2v) is 5.15. The van der Waals surface area contributed by atoms with Gasteiger partial charge in [0, 0.05) is 13.2 Å². The number of ether oxygens (including phenoxy) is 1. The van der Waals surface area contributed by atoms with Crippen molar-refractivity contribution >= 4 is 0 Å². The summed E-state index contributed by atoms with van der Waals surface area (Å²) in [5, 5.41) is 3.40. The molecule has 0 aromatic rings. The van der Waals surface area contributed by atoms with E-state index in [0.717, 1.165) is 12.3 Å². The van der Waals surface area contributed by atoms with Gasteiger partial charge in [0.1, 0.15) is 0 Å². The van der Waals surface area contributed by atoms with Crippen molar-refractivity contribution in [3.05, 3.63) is 12.2 Å². The van der Waals surface area contributed by atoms with Crippen molar-refractivity contribution in [2.75, 3.05) is 14.2 Å². The van der Waals surface area contributed by atoms with Crippen molar-refractivity contribution in [3.8, 4) is 0 Å². The van der Waals surface area contributed by atoms with E-state index in [0.29, 0.717) is 12.1 Å². The summed E-state index contributed by atoms with van der Waals surface area (Å²) in [7, 11) is 3.88. The van der Waals surface area contributed by atoms with E-state index in [2.05, 4.69) is 18.8 Å². The van der Waals surface area contributed by atoms with Crippen molar-refractivity contribution in [3.63, 3.8) is 0 Å². The molecule has 94 valence electrons. The molecular weight excluding hydrogens is 198 g/mol. The fraction of sp³-hybridized carbons (Fsp3) is 0.857. The van der Waals surface area contributed by atoms with Crippen molar-refractivity contribution in [1.29, 1.82) is 0 Å². The van der Waals surface area contributed by atoms with Crippen LogP contribution in [0.1, 0.15) is 45.4 Å². The Balaban J connectivity index is 2.57. The Morgan fingerprint density at radius 3 is 2.44 bits per heavy atom. The molecule has 0 heterocycles. The molecule has 1 saturated carbocycles. The monoisotopic (exact) mass is 225 g/mol. The molecule has 2 heteroatoms. The van der Waals surface area contributed by atoms with Crippen molar-refractivity contribution < 1.29 is 4.74 Å². The molecule has 16 heavy (non-hydrogen) atoms. The molecule has 0 spiro atoms. The van der Waals surface area contributed by atoms with E-state index in [1.54, 1.807) is 0 Å². The van der Waals surface area contributed by atoms with E-state index >= 15 is 0 Å². The van der Waals surface area contributed by atoms with E-state index < -0.39 is 0 Å². The molecule has 1 fully saturated rings. The third-order valence-electron chi connectivity index (χ3n) is 3.72. The minimum absolute atomic E-state index is 0.349. The normalized spacial score (nSPS) is 21.7. The van der Waals surface area contributed by atoms with Crippen LogP contribution in [-0.4, -0.2) is 26.3 Å². The van der Waals surface area contributed by atoms with Gasteiger partial charge in [0.2, 0.25) is 0 Å². The largest absolute Gasteiger partial charge is 0.380 e. The Morgan fingerprint density at radius 2 is 2.00 bits per heavy atom. The molecule has 1 aliphatic rings. The molecule has 0 aliphatic heterocycles. The van der Waals surface area contributed by atoms with Gasteiger partial charge in [-0.15, -0.1) is 6.58 Å². The first-order valence-corrected chi connectivity index (χ1v) is 6.53. The summed E-state index contributed by atoms with van der Waals surface area (Å²) in [4.78, 5) is 0. The van der Waals surface area contributed by atoms with Crippen molar-refractivity contribution in [2.45, 2.75) is 57.6 Å². The highest BCUT2D eigenvalue weighted by molar-refractivity contribution is 4.97. The summed E-state index contributed by atoms with van der Waals surface area (Å²) < 4.78 is 5.74. The van der Waals surface area contributed by atoms with E-state index in [1.807, 2.05) is 14.2 Å². The average Bonchev–Trinajstić information content (AvgIpc) is 2.29. The third kappa shape index (κ3) is 3.91. The second-order valence-electron chi connectivity index (χ2n) is 5.15. The van der Waals surface area contributed by atoms with Gasteiger partial charge in [-0.1, -0.05) is 24.8 Å². The van der Waals surface area contributed by atoms with Crippen LogP contribution in [0.2, 0.25) is 0 Å². The van der Waals surface area contributed by atoms with E-state index in [-0.39, 0.29) is 0 Å². The molecule has 0 saturated heterocycles. The van der Waals surface area contributed by atoms with Crippen LogP contribution in [-0.2, 0) is 4.74 Å². The summed E-state index contributed by atoms with van der Waals surface area (Å²) in [5.41, 5.74) is 1.23. The Kier molecular flexibility index (Phi) is 6.07. The second kappa shape index (κ2) is 7.08. The minimum Gasteiger partial charge on any atom is -0.380 e. The number of rotatable bonds is 6.